The van der Waals surface area contributed by atoms with E-state index in [1.807, 2.05) is 0 Å². The summed E-state index contributed by atoms with van der Waals surface area (Å²) >= 11 is 13.5. The van der Waals surface area contributed by atoms with E-state index in [1.54, 1.807) is 13.8 Å². The molecule has 2 rings (SSSR count). The Morgan fingerprint density at radius 3 is 1.29 bits per heavy atom. The van der Waals surface area contributed by atoms with E-state index in [0.29, 0.717) is 12.8 Å². The molecule has 2 aliphatic carbocycles. The summed E-state index contributed by atoms with van der Waals surface area (Å²) in [4.78, 5) is 23.8. The third kappa shape index (κ3) is 2.09. The molecule has 17 heavy (non-hydrogen) atoms. The Kier molecular flexibility index (Phi) is 3.23. The van der Waals surface area contributed by atoms with Crippen LogP contribution in [0.3, 0.4) is 0 Å². The van der Waals surface area contributed by atoms with Gasteiger partial charge >= 0.3 is 11.9 Å². The fourth-order valence-corrected chi connectivity index (χ4v) is 4.44. The van der Waals surface area contributed by atoms with Gasteiger partial charge in [0.05, 0.1) is 17.3 Å². The van der Waals surface area contributed by atoms with Crippen LogP contribution in [0, 0.1) is 10.8 Å². The van der Waals surface area contributed by atoms with Crippen LogP contribution in [-0.4, -0.2) is 18.4 Å². The number of alkyl halides is 4. The first-order chi connectivity index (χ1) is 7.46. The minimum atomic E-state index is -0.671. The van der Waals surface area contributed by atoms with Crippen molar-refractivity contribution < 1.29 is 14.3 Å². The number of carbonyl (C=O) groups excluding carboxylic acids is 2. The molecule has 96 valence electrons. The average Bonchev–Trinajstić information content (AvgIpc) is 2.85. The Morgan fingerprint density at radius 2 is 1.12 bits per heavy atom. The molecule has 0 heterocycles. The molecule has 0 aromatic rings. The van der Waals surface area contributed by atoms with Crippen molar-refractivity contribution >= 4 is 75.7 Å². The third-order valence-electron chi connectivity index (χ3n) is 3.60. The van der Waals surface area contributed by atoms with Gasteiger partial charge in [0.15, 0.2) is 0 Å². The first-order valence-electron chi connectivity index (χ1n) is 4.99. The van der Waals surface area contributed by atoms with Crippen LogP contribution < -0.4 is 0 Å². The molecular formula is C10H10Br4O3. The molecule has 0 radical (unpaired) electrons. The molecule has 3 nitrogen and oxygen atoms in total. The fraction of sp³-hybridized carbons (Fsp3) is 0.800. The number of rotatable bonds is 2. The van der Waals surface area contributed by atoms with E-state index in [4.69, 9.17) is 4.74 Å². The maximum atomic E-state index is 11.9. The molecule has 0 aromatic carbocycles. The molecule has 0 aliphatic heterocycles. The van der Waals surface area contributed by atoms with E-state index in [0.717, 1.165) is 0 Å². The van der Waals surface area contributed by atoms with Crippen molar-refractivity contribution in [2.75, 3.05) is 0 Å². The molecule has 0 aromatic heterocycles. The highest BCUT2D eigenvalue weighted by atomic mass is 79.9. The van der Waals surface area contributed by atoms with Crippen LogP contribution in [-0.2, 0) is 14.3 Å². The average molecular weight is 498 g/mol. The molecule has 0 amide bonds. The fourth-order valence-electron chi connectivity index (χ4n) is 1.55. The van der Waals surface area contributed by atoms with E-state index in [-0.39, 0.29) is 0 Å². The lowest BCUT2D eigenvalue weighted by Gasteiger charge is -2.14. The Morgan fingerprint density at radius 1 is 0.882 bits per heavy atom. The Hall–Kier alpha value is 1.06. The minimum Gasteiger partial charge on any atom is -0.392 e. The second-order valence-corrected chi connectivity index (χ2v) is 12.6. The second kappa shape index (κ2) is 3.79. The van der Waals surface area contributed by atoms with Gasteiger partial charge in [0.2, 0.25) is 0 Å². The number of halogens is 4. The summed E-state index contributed by atoms with van der Waals surface area (Å²) in [5, 5.41) is 0. The van der Waals surface area contributed by atoms with Crippen LogP contribution in [0.5, 0.6) is 0 Å². The van der Waals surface area contributed by atoms with Gasteiger partial charge in [-0.3, -0.25) is 9.59 Å². The van der Waals surface area contributed by atoms with E-state index < -0.39 is 29.2 Å². The molecule has 7 heteroatoms. The minimum absolute atomic E-state index is 0.436. The number of hydrogen-bond donors (Lipinski definition) is 0. The monoisotopic (exact) mass is 494 g/mol. The van der Waals surface area contributed by atoms with Gasteiger partial charge in [-0.25, -0.2) is 0 Å². The summed E-state index contributed by atoms with van der Waals surface area (Å²) in [5.74, 6) is -0.972. The van der Waals surface area contributed by atoms with Crippen LogP contribution in [0.4, 0.5) is 0 Å². The van der Waals surface area contributed by atoms with Gasteiger partial charge in [0.25, 0.3) is 0 Å². The molecule has 0 N–H and O–H groups in total. The van der Waals surface area contributed by atoms with Gasteiger partial charge in [-0.05, 0) is 26.7 Å². The summed E-state index contributed by atoms with van der Waals surface area (Å²) in [6.07, 6.45) is 1.22. The van der Waals surface area contributed by atoms with Crippen molar-refractivity contribution in [2.24, 2.45) is 10.8 Å². The summed E-state index contributed by atoms with van der Waals surface area (Å²) in [6, 6.07) is 0. The van der Waals surface area contributed by atoms with Crippen molar-refractivity contribution in [3.05, 3.63) is 0 Å². The standard InChI is InChI=1S/C10H10Br4O3/c1-7(3-9(7,11)12)5(15)17-6(16)8(2)4-10(8,13)14/h3-4H2,1-2H3/t7-,8+. The number of esters is 2. The maximum absolute atomic E-state index is 11.9. The van der Waals surface area contributed by atoms with Gasteiger partial charge in [-0.15, -0.1) is 0 Å². The largest absolute Gasteiger partial charge is 0.392 e. The lowest BCUT2D eigenvalue weighted by atomic mass is 10.1. The van der Waals surface area contributed by atoms with E-state index >= 15 is 0 Å². The molecule has 2 fully saturated rings. The number of carbonyl (C=O) groups is 2. The van der Waals surface area contributed by atoms with E-state index in [1.165, 1.54) is 0 Å². The predicted octanol–water partition coefficient (Wildman–Crippen LogP) is 3.85. The lowest BCUT2D eigenvalue weighted by molar-refractivity contribution is -0.166. The molecule has 0 unspecified atom stereocenters. The summed E-state index contributed by atoms with van der Waals surface area (Å²) in [7, 11) is 0. The van der Waals surface area contributed by atoms with Gasteiger partial charge < -0.3 is 4.74 Å². The smallest absolute Gasteiger partial charge is 0.321 e. The second-order valence-electron chi connectivity index (χ2n) is 5.10. The van der Waals surface area contributed by atoms with Crippen molar-refractivity contribution in [1.82, 2.24) is 0 Å². The quantitative estimate of drug-likeness (QED) is 0.331. The zero-order chi connectivity index (χ0) is 13.3. The van der Waals surface area contributed by atoms with Crippen molar-refractivity contribution in [3.63, 3.8) is 0 Å². The van der Waals surface area contributed by atoms with E-state index in [2.05, 4.69) is 63.7 Å². The molecule has 0 spiro atoms. The van der Waals surface area contributed by atoms with Gasteiger partial charge in [0, 0.05) is 0 Å². The Labute approximate surface area is 133 Å². The van der Waals surface area contributed by atoms with Gasteiger partial charge in [-0.1, -0.05) is 63.7 Å². The third-order valence-corrected chi connectivity index (χ3v) is 8.22. The predicted molar refractivity (Wildman–Crippen MR) is 77.7 cm³/mol. The normalized spacial score (nSPS) is 40.6. The van der Waals surface area contributed by atoms with Crippen LogP contribution in [0.25, 0.3) is 0 Å². The zero-order valence-electron chi connectivity index (χ0n) is 9.15. The molecule has 2 atom stereocenters. The van der Waals surface area contributed by atoms with Crippen LogP contribution >= 0.6 is 63.7 Å². The van der Waals surface area contributed by atoms with Crippen molar-refractivity contribution in [3.8, 4) is 0 Å². The number of hydrogen-bond acceptors (Lipinski definition) is 3. The van der Waals surface area contributed by atoms with Crippen LogP contribution in [0.1, 0.15) is 26.7 Å². The Bertz CT molecular complexity index is 382. The zero-order valence-corrected chi connectivity index (χ0v) is 15.5. The van der Waals surface area contributed by atoms with Crippen LogP contribution in [0.15, 0.2) is 0 Å². The molecule has 0 saturated heterocycles. The molecular weight excluding hydrogens is 488 g/mol. The highest BCUT2D eigenvalue weighted by Crippen LogP contribution is 2.69. The molecule has 0 bridgehead atoms. The summed E-state index contributed by atoms with van der Waals surface area (Å²) < 4.78 is 4.11. The first kappa shape index (κ1) is 14.5. The lowest BCUT2D eigenvalue weighted by Crippen LogP contribution is -2.29. The van der Waals surface area contributed by atoms with Gasteiger partial charge in [0.1, 0.15) is 0 Å². The Balaban J connectivity index is 2.01. The molecule has 2 aliphatic rings. The van der Waals surface area contributed by atoms with E-state index in [9.17, 15) is 9.59 Å². The van der Waals surface area contributed by atoms with Crippen molar-refractivity contribution in [1.29, 1.82) is 0 Å². The van der Waals surface area contributed by atoms with Crippen molar-refractivity contribution in [2.45, 2.75) is 33.2 Å². The molecule has 2 saturated carbocycles. The van der Waals surface area contributed by atoms with Crippen LogP contribution in [0.2, 0.25) is 0 Å². The summed E-state index contributed by atoms with van der Waals surface area (Å²) in [5.41, 5.74) is -1.34. The highest BCUT2D eigenvalue weighted by molar-refractivity contribution is 9.26. The summed E-state index contributed by atoms with van der Waals surface area (Å²) in [6.45, 7) is 3.52. The van der Waals surface area contributed by atoms with Gasteiger partial charge in [-0.2, -0.15) is 0 Å². The SMILES string of the molecule is C[C@@]1(C(=O)OC(=O)[C@@]2(C)CC2(Br)Br)CC1(Br)Br. The highest BCUT2D eigenvalue weighted by Gasteiger charge is 2.71. The first-order valence-corrected chi connectivity index (χ1v) is 8.16. The maximum Gasteiger partial charge on any atom is 0.321 e. The topological polar surface area (TPSA) is 43.4 Å². The number of ether oxygens (including phenoxy) is 1.